The summed E-state index contributed by atoms with van der Waals surface area (Å²) in [7, 11) is 0. The van der Waals surface area contributed by atoms with Crippen LogP contribution in [0.5, 0.6) is 0 Å². The SMILES string of the molecule is Cc1cc(C(N)c2cc(F)ccc2Cl)cc(C)c1Br. The lowest BCUT2D eigenvalue weighted by molar-refractivity contribution is 0.623. The van der Waals surface area contributed by atoms with Gasteiger partial charge < -0.3 is 5.73 Å². The quantitative estimate of drug-likeness (QED) is 0.825. The maximum Gasteiger partial charge on any atom is 0.123 e. The molecule has 19 heavy (non-hydrogen) atoms. The van der Waals surface area contributed by atoms with Gasteiger partial charge in [-0.05, 0) is 54.3 Å². The summed E-state index contributed by atoms with van der Waals surface area (Å²) < 4.78 is 14.4. The number of rotatable bonds is 2. The van der Waals surface area contributed by atoms with Crippen molar-refractivity contribution in [1.82, 2.24) is 0 Å². The van der Waals surface area contributed by atoms with Crippen molar-refractivity contribution < 1.29 is 4.39 Å². The molecule has 0 radical (unpaired) electrons. The molecule has 1 unspecified atom stereocenters. The van der Waals surface area contributed by atoms with E-state index in [1.54, 1.807) is 0 Å². The zero-order valence-electron chi connectivity index (χ0n) is 10.7. The van der Waals surface area contributed by atoms with Crippen LogP contribution in [0.15, 0.2) is 34.8 Å². The number of nitrogens with two attached hydrogens (primary N) is 1. The van der Waals surface area contributed by atoms with Crippen LogP contribution >= 0.6 is 27.5 Å². The van der Waals surface area contributed by atoms with E-state index in [1.807, 2.05) is 26.0 Å². The van der Waals surface area contributed by atoms with E-state index in [4.69, 9.17) is 17.3 Å². The van der Waals surface area contributed by atoms with Gasteiger partial charge in [0.05, 0.1) is 6.04 Å². The first-order valence-corrected chi connectivity index (χ1v) is 7.04. The molecule has 4 heteroatoms. The molecule has 1 atom stereocenters. The molecule has 0 bridgehead atoms. The van der Waals surface area contributed by atoms with Gasteiger partial charge in [0, 0.05) is 9.50 Å². The predicted molar refractivity (Wildman–Crippen MR) is 81.1 cm³/mol. The molecule has 0 amide bonds. The van der Waals surface area contributed by atoms with Crippen LogP contribution < -0.4 is 5.73 Å². The number of benzene rings is 2. The average Bonchev–Trinajstić information content (AvgIpc) is 2.37. The van der Waals surface area contributed by atoms with Crippen LogP contribution in [0.4, 0.5) is 4.39 Å². The van der Waals surface area contributed by atoms with E-state index in [1.165, 1.54) is 18.2 Å². The minimum absolute atomic E-state index is 0.333. The zero-order chi connectivity index (χ0) is 14.2. The van der Waals surface area contributed by atoms with Gasteiger partial charge in [-0.1, -0.05) is 39.7 Å². The van der Waals surface area contributed by atoms with Gasteiger partial charge in [-0.25, -0.2) is 4.39 Å². The molecule has 0 saturated carbocycles. The van der Waals surface area contributed by atoms with E-state index in [2.05, 4.69) is 15.9 Å². The minimum atomic E-state index is -0.436. The molecule has 0 aliphatic carbocycles. The zero-order valence-corrected chi connectivity index (χ0v) is 13.0. The molecule has 2 rings (SSSR count). The third kappa shape index (κ3) is 2.99. The summed E-state index contributed by atoms with van der Waals surface area (Å²) in [6, 6.07) is 7.79. The Balaban J connectivity index is 2.49. The van der Waals surface area contributed by atoms with Crippen LogP contribution in [0, 0.1) is 19.7 Å². The fourth-order valence-corrected chi connectivity index (χ4v) is 2.56. The molecule has 100 valence electrons. The highest BCUT2D eigenvalue weighted by Crippen LogP contribution is 2.31. The van der Waals surface area contributed by atoms with Crippen LogP contribution in [0.1, 0.15) is 28.3 Å². The Bertz CT molecular complexity index is 605. The molecule has 1 nitrogen and oxygen atoms in total. The lowest BCUT2D eigenvalue weighted by atomic mass is 9.96. The van der Waals surface area contributed by atoms with Gasteiger partial charge in [0.1, 0.15) is 5.82 Å². The number of aryl methyl sites for hydroxylation is 2. The Kier molecular flexibility index (Phi) is 4.29. The van der Waals surface area contributed by atoms with E-state index in [9.17, 15) is 4.39 Å². The summed E-state index contributed by atoms with van der Waals surface area (Å²) in [6.07, 6.45) is 0. The summed E-state index contributed by atoms with van der Waals surface area (Å²) in [5.41, 5.74) is 9.92. The van der Waals surface area contributed by atoms with Crippen molar-refractivity contribution in [2.75, 3.05) is 0 Å². The average molecular weight is 343 g/mol. The van der Waals surface area contributed by atoms with Crippen molar-refractivity contribution in [2.45, 2.75) is 19.9 Å². The molecule has 0 saturated heterocycles. The predicted octanol–water partition coefficient (Wildman–Crippen LogP) is 4.91. The minimum Gasteiger partial charge on any atom is -0.320 e. The molecular formula is C15H14BrClFN. The van der Waals surface area contributed by atoms with Crippen LogP contribution in [0.2, 0.25) is 5.02 Å². The first kappa shape index (κ1) is 14.5. The third-order valence-electron chi connectivity index (χ3n) is 3.11. The van der Waals surface area contributed by atoms with Crippen molar-refractivity contribution in [3.05, 3.63) is 67.9 Å². The Morgan fingerprint density at radius 3 is 2.32 bits per heavy atom. The van der Waals surface area contributed by atoms with Gasteiger partial charge in [-0.15, -0.1) is 0 Å². The Morgan fingerprint density at radius 2 is 1.74 bits per heavy atom. The highest BCUT2D eigenvalue weighted by atomic mass is 79.9. The highest BCUT2D eigenvalue weighted by molar-refractivity contribution is 9.10. The smallest absolute Gasteiger partial charge is 0.123 e. The number of hydrogen-bond donors (Lipinski definition) is 1. The van der Waals surface area contributed by atoms with Gasteiger partial charge in [-0.3, -0.25) is 0 Å². The lowest BCUT2D eigenvalue weighted by Crippen LogP contribution is -2.13. The molecule has 0 spiro atoms. The van der Waals surface area contributed by atoms with Gasteiger partial charge in [0.15, 0.2) is 0 Å². The van der Waals surface area contributed by atoms with Gasteiger partial charge >= 0.3 is 0 Å². The largest absolute Gasteiger partial charge is 0.320 e. The standard InChI is InChI=1S/C15H14BrClFN/c1-8-5-10(6-9(2)14(8)16)15(19)12-7-11(18)3-4-13(12)17/h3-7,15H,19H2,1-2H3. The lowest BCUT2D eigenvalue weighted by Gasteiger charge is -2.17. The van der Waals surface area contributed by atoms with Crippen molar-refractivity contribution in [3.8, 4) is 0 Å². The highest BCUT2D eigenvalue weighted by Gasteiger charge is 2.15. The summed E-state index contributed by atoms with van der Waals surface area (Å²) in [5.74, 6) is -0.333. The fraction of sp³-hybridized carbons (Fsp3) is 0.200. The van der Waals surface area contributed by atoms with Crippen LogP contribution in [0.3, 0.4) is 0 Å². The van der Waals surface area contributed by atoms with Crippen LogP contribution in [0.25, 0.3) is 0 Å². The van der Waals surface area contributed by atoms with Crippen molar-refractivity contribution in [1.29, 1.82) is 0 Å². The summed E-state index contributed by atoms with van der Waals surface area (Å²) in [4.78, 5) is 0. The maximum absolute atomic E-state index is 13.3. The molecule has 0 aromatic heterocycles. The Labute approximate surface area is 125 Å². The topological polar surface area (TPSA) is 26.0 Å². The summed E-state index contributed by atoms with van der Waals surface area (Å²) in [6.45, 7) is 4.00. The summed E-state index contributed by atoms with van der Waals surface area (Å²) >= 11 is 9.61. The molecule has 2 aromatic carbocycles. The second kappa shape index (κ2) is 5.61. The van der Waals surface area contributed by atoms with Crippen molar-refractivity contribution >= 4 is 27.5 Å². The van der Waals surface area contributed by atoms with E-state index in [0.717, 1.165) is 21.2 Å². The normalized spacial score (nSPS) is 12.5. The van der Waals surface area contributed by atoms with Gasteiger partial charge in [-0.2, -0.15) is 0 Å². The second-order valence-corrected chi connectivity index (χ2v) is 5.81. The van der Waals surface area contributed by atoms with E-state index in [-0.39, 0.29) is 5.82 Å². The summed E-state index contributed by atoms with van der Waals surface area (Å²) in [5, 5.41) is 0.479. The second-order valence-electron chi connectivity index (χ2n) is 4.61. The first-order chi connectivity index (χ1) is 8.90. The molecule has 2 aromatic rings. The number of halogens is 3. The van der Waals surface area contributed by atoms with E-state index >= 15 is 0 Å². The van der Waals surface area contributed by atoms with Gasteiger partial charge in [0.25, 0.3) is 0 Å². The fourth-order valence-electron chi connectivity index (χ4n) is 2.09. The third-order valence-corrected chi connectivity index (χ3v) is 4.71. The molecule has 2 N–H and O–H groups in total. The Hall–Kier alpha value is -0.900. The van der Waals surface area contributed by atoms with Gasteiger partial charge in [0.2, 0.25) is 0 Å². The molecular weight excluding hydrogens is 329 g/mol. The van der Waals surface area contributed by atoms with Crippen molar-refractivity contribution in [3.63, 3.8) is 0 Å². The van der Waals surface area contributed by atoms with Crippen molar-refractivity contribution in [2.24, 2.45) is 5.73 Å². The van der Waals surface area contributed by atoms with Crippen LogP contribution in [-0.4, -0.2) is 0 Å². The Morgan fingerprint density at radius 1 is 1.16 bits per heavy atom. The molecule has 0 aliphatic heterocycles. The monoisotopic (exact) mass is 341 g/mol. The van der Waals surface area contributed by atoms with E-state index < -0.39 is 6.04 Å². The maximum atomic E-state index is 13.3. The number of hydrogen-bond acceptors (Lipinski definition) is 1. The molecule has 0 aliphatic rings. The molecule has 0 heterocycles. The van der Waals surface area contributed by atoms with E-state index in [0.29, 0.717) is 10.6 Å². The van der Waals surface area contributed by atoms with Crippen LogP contribution in [-0.2, 0) is 0 Å². The molecule has 0 fully saturated rings. The first-order valence-electron chi connectivity index (χ1n) is 5.87.